The quantitative estimate of drug-likeness (QED) is 0.287. The second-order valence-electron chi connectivity index (χ2n) is 9.34. The minimum absolute atomic E-state index is 0.0680. The second-order valence-corrected chi connectivity index (χ2v) is 10.3. The lowest BCUT2D eigenvalue weighted by molar-refractivity contribution is 0.0613. The summed E-state index contributed by atoms with van der Waals surface area (Å²) in [6.07, 6.45) is 5.86. The molecule has 1 saturated carbocycles. The van der Waals surface area contributed by atoms with E-state index in [0.717, 1.165) is 28.4 Å². The molecule has 1 amide bonds. The molecule has 1 atom stereocenters. The van der Waals surface area contributed by atoms with Gasteiger partial charge in [0.05, 0.1) is 11.7 Å². The topological polar surface area (TPSA) is 25.2 Å². The zero-order valence-electron chi connectivity index (χ0n) is 18.8. The standard InChI is InChI=1S/C29H27BrN2O/c1-31-25-14-8-7-13-24(25)26(27(31)19-15-17-20(30)18-16-19)28-22-11-5-6-12-23(22)29(33)32(28)21-9-3-2-4-10-21/h5-8,11-18,21,28H,2-4,9-10H2,1H3/t28-/m1/s1. The monoisotopic (exact) mass is 498 g/mol. The van der Waals surface area contributed by atoms with E-state index in [4.69, 9.17) is 0 Å². The third kappa shape index (κ3) is 3.26. The predicted octanol–water partition coefficient (Wildman–Crippen LogP) is 7.49. The lowest BCUT2D eigenvalue weighted by Gasteiger charge is -2.36. The van der Waals surface area contributed by atoms with E-state index in [-0.39, 0.29) is 11.9 Å². The van der Waals surface area contributed by atoms with Gasteiger partial charge in [0.25, 0.3) is 5.91 Å². The van der Waals surface area contributed by atoms with Crippen LogP contribution in [-0.4, -0.2) is 21.4 Å². The highest BCUT2D eigenvalue weighted by molar-refractivity contribution is 9.10. The summed E-state index contributed by atoms with van der Waals surface area (Å²) < 4.78 is 3.37. The van der Waals surface area contributed by atoms with Crippen LogP contribution in [0.4, 0.5) is 0 Å². The van der Waals surface area contributed by atoms with Gasteiger partial charge in [0.2, 0.25) is 0 Å². The molecular weight excluding hydrogens is 472 g/mol. The van der Waals surface area contributed by atoms with Crippen molar-refractivity contribution in [2.45, 2.75) is 44.2 Å². The number of hydrogen-bond acceptors (Lipinski definition) is 1. The number of carbonyl (C=O) groups excluding carboxylic acids is 1. The van der Waals surface area contributed by atoms with Gasteiger partial charge >= 0.3 is 0 Å². The summed E-state index contributed by atoms with van der Waals surface area (Å²) in [4.78, 5) is 16.1. The first-order chi connectivity index (χ1) is 16.1. The van der Waals surface area contributed by atoms with E-state index in [0.29, 0.717) is 6.04 Å². The molecule has 0 spiro atoms. The fourth-order valence-electron chi connectivity index (χ4n) is 6.02. The molecule has 0 N–H and O–H groups in total. The Kier molecular flexibility index (Phi) is 5.14. The Morgan fingerprint density at radius 2 is 1.55 bits per heavy atom. The van der Waals surface area contributed by atoms with E-state index in [1.165, 1.54) is 47.0 Å². The van der Waals surface area contributed by atoms with Crippen LogP contribution in [0.5, 0.6) is 0 Å². The molecule has 1 aliphatic heterocycles. The van der Waals surface area contributed by atoms with Crippen molar-refractivity contribution in [3.8, 4) is 11.3 Å². The number of nitrogens with zero attached hydrogens (tertiary/aromatic N) is 2. The number of fused-ring (bicyclic) bond motifs is 2. The van der Waals surface area contributed by atoms with Crippen LogP contribution >= 0.6 is 15.9 Å². The summed E-state index contributed by atoms with van der Waals surface area (Å²) in [5.41, 5.74) is 6.82. The Bertz CT molecular complexity index is 1350. The molecule has 2 aliphatic rings. The minimum Gasteiger partial charge on any atom is -0.343 e. The molecule has 1 aliphatic carbocycles. The lowest BCUT2D eigenvalue weighted by Crippen LogP contribution is -2.40. The third-order valence-electron chi connectivity index (χ3n) is 7.50. The van der Waals surface area contributed by atoms with Gasteiger partial charge in [-0.05, 0) is 48.2 Å². The first-order valence-corrected chi connectivity index (χ1v) is 12.7. The predicted molar refractivity (Wildman–Crippen MR) is 137 cm³/mol. The highest BCUT2D eigenvalue weighted by atomic mass is 79.9. The molecule has 0 bridgehead atoms. The molecule has 2 heterocycles. The number of amides is 1. The maximum atomic E-state index is 13.8. The number of benzene rings is 3. The summed E-state index contributed by atoms with van der Waals surface area (Å²) >= 11 is 3.59. The number of aryl methyl sites for hydroxylation is 1. The van der Waals surface area contributed by atoms with Gasteiger partial charge in [-0.25, -0.2) is 0 Å². The van der Waals surface area contributed by atoms with Gasteiger partial charge in [-0.2, -0.15) is 0 Å². The molecule has 1 fully saturated rings. The van der Waals surface area contributed by atoms with Crippen LogP contribution < -0.4 is 0 Å². The van der Waals surface area contributed by atoms with Gasteiger partial charge in [-0.3, -0.25) is 4.79 Å². The lowest BCUT2D eigenvalue weighted by atomic mass is 9.89. The number of para-hydroxylation sites is 1. The van der Waals surface area contributed by atoms with Crippen LogP contribution in [0.25, 0.3) is 22.2 Å². The van der Waals surface area contributed by atoms with Gasteiger partial charge in [-0.15, -0.1) is 0 Å². The molecule has 166 valence electrons. The highest BCUT2D eigenvalue weighted by Gasteiger charge is 2.43. The van der Waals surface area contributed by atoms with Crippen LogP contribution in [0.3, 0.4) is 0 Å². The number of aromatic nitrogens is 1. The van der Waals surface area contributed by atoms with Gasteiger partial charge < -0.3 is 9.47 Å². The zero-order valence-corrected chi connectivity index (χ0v) is 20.4. The molecule has 4 heteroatoms. The van der Waals surface area contributed by atoms with Crippen molar-refractivity contribution in [2.75, 3.05) is 0 Å². The van der Waals surface area contributed by atoms with E-state index in [1.807, 2.05) is 12.1 Å². The Labute approximate surface area is 203 Å². The second kappa shape index (κ2) is 8.18. The third-order valence-corrected chi connectivity index (χ3v) is 8.03. The molecule has 4 aromatic rings. The molecule has 1 aromatic heterocycles. The normalized spacial score (nSPS) is 18.8. The van der Waals surface area contributed by atoms with Gasteiger partial charge in [0.15, 0.2) is 0 Å². The smallest absolute Gasteiger partial charge is 0.255 e. The summed E-state index contributed by atoms with van der Waals surface area (Å²) in [6.45, 7) is 0. The maximum absolute atomic E-state index is 13.8. The van der Waals surface area contributed by atoms with Crippen LogP contribution in [0.2, 0.25) is 0 Å². The molecular formula is C29H27BrN2O. The number of carbonyl (C=O) groups is 1. The molecule has 3 aromatic carbocycles. The largest absolute Gasteiger partial charge is 0.343 e. The van der Waals surface area contributed by atoms with Crippen LogP contribution in [-0.2, 0) is 7.05 Å². The van der Waals surface area contributed by atoms with Crippen LogP contribution in [0.1, 0.15) is 59.6 Å². The summed E-state index contributed by atoms with van der Waals surface area (Å²) in [5.74, 6) is 0.192. The molecule has 33 heavy (non-hydrogen) atoms. The average Bonchev–Trinajstić information content (AvgIpc) is 3.31. The Hall–Kier alpha value is -2.85. The van der Waals surface area contributed by atoms with Gasteiger partial charge in [0.1, 0.15) is 0 Å². The maximum Gasteiger partial charge on any atom is 0.255 e. The summed E-state index contributed by atoms with van der Waals surface area (Å²) in [6, 6.07) is 25.7. The van der Waals surface area contributed by atoms with Gasteiger partial charge in [-0.1, -0.05) is 83.7 Å². The number of rotatable bonds is 3. The Morgan fingerprint density at radius 1 is 0.848 bits per heavy atom. The number of hydrogen-bond donors (Lipinski definition) is 0. The van der Waals surface area contributed by atoms with Crippen molar-refractivity contribution in [3.05, 3.63) is 94.0 Å². The summed E-state index contributed by atoms with van der Waals surface area (Å²) in [5, 5.41) is 1.23. The first-order valence-electron chi connectivity index (χ1n) is 11.9. The summed E-state index contributed by atoms with van der Waals surface area (Å²) in [7, 11) is 2.15. The van der Waals surface area contributed by atoms with Crippen LogP contribution in [0.15, 0.2) is 77.3 Å². The van der Waals surface area contributed by atoms with Crippen molar-refractivity contribution in [1.82, 2.24) is 9.47 Å². The number of halogens is 1. The van der Waals surface area contributed by atoms with E-state index in [1.54, 1.807) is 0 Å². The fraction of sp³-hybridized carbons (Fsp3) is 0.276. The first kappa shape index (κ1) is 20.7. The van der Waals surface area contributed by atoms with Crippen LogP contribution in [0, 0.1) is 0 Å². The SMILES string of the molecule is Cn1c(-c2ccc(Br)cc2)c([C@H]2c3ccccc3C(=O)N2C2CCCCC2)c2ccccc21. The average molecular weight is 499 g/mol. The molecule has 0 saturated heterocycles. The van der Waals surface area contributed by atoms with E-state index in [9.17, 15) is 4.79 Å². The van der Waals surface area contributed by atoms with Crippen molar-refractivity contribution in [3.63, 3.8) is 0 Å². The Balaban J connectivity index is 1.65. The minimum atomic E-state index is -0.0680. The molecule has 3 nitrogen and oxygen atoms in total. The van der Waals surface area contributed by atoms with Crippen molar-refractivity contribution in [2.24, 2.45) is 7.05 Å². The highest BCUT2D eigenvalue weighted by Crippen LogP contribution is 2.48. The van der Waals surface area contributed by atoms with Crippen molar-refractivity contribution in [1.29, 1.82) is 0 Å². The molecule has 0 unspecified atom stereocenters. The van der Waals surface area contributed by atoms with Gasteiger partial charge in [0, 0.05) is 39.6 Å². The Morgan fingerprint density at radius 3 is 2.33 bits per heavy atom. The van der Waals surface area contributed by atoms with Crippen molar-refractivity contribution < 1.29 is 4.79 Å². The zero-order chi connectivity index (χ0) is 22.5. The molecule has 6 rings (SSSR count). The van der Waals surface area contributed by atoms with Crippen molar-refractivity contribution >= 4 is 32.7 Å². The van der Waals surface area contributed by atoms with E-state index in [2.05, 4.69) is 93.1 Å². The molecule has 0 radical (unpaired) electrons. The fourth-order valence-corrected chi connectivity index (χ4v) is 6.29. The van der Waals surface area contributed by atoms with E-state index >= 15 is 0 Å². The van der Waals surface area contributed by atoms with E-state index < -0.39 is 0 Å².